The largest absolute Gasteiger partial charge is 0.493 e. The number of nitrogens with zero attached hydrogens (tertiary/aromatic N) is 6. The first kappa shape index (κ1) is 24.3. The van der Waals surface area contributed by atoms with E-state index in [-0.39, 0.29) is 6.61 Å². The summed E-state index contributed by atoms with van der Waals surface area (Å²) < 4.78 is 12.4. The lowest BCUT2D eigenvalue weighted by molar-refractivity contribution is 0.125. The van der Waals surface area contributed by atoms with Crippen LogP contribution in [0.3, 0.4) is 0 Å². The topological polar surface area (TPSA) is 86.4 Å². The minimum Gasteiger partial charge on any atom is -0.493 e. The van der Waals surface area contributed by atoms with Crippen molar-refractivity contribution in [2.75, 3.05) is 20.8 Å². The molecule has 6 rings (SSSR count). The Bertz CT molecular complexity index is 1630. The number of ether oxygens (including phenoxy) is 2. The highest BCUT2D eigenvalue weighted by Crippen LogP contribution is 2.36. The molecular weight excluding hydrogens is 500 g/mol. The highest BCUT2D eigenvalue weighted by atomic mass is 32.1. The Morgan fingerprint density at radius 1 is 1.08 bits per heavy atom. The Hall–Kier alpha value is -4.02. The van der Waals surface area contributed by atoms with Crippen molar-refractivity contribution in [3.05, 3.63) is 82.3 Å². The maximum atomic E-state index is 5.63. The van der Waals surface area contributed by atoms with Crippen molar-refractivity contribution in [1.82, 2.24) is 24.5 Å². The lowest BCUT2D eigenvalue weighted by atomic mass is 10.0. The highest BCUT2D eigenvalue weighted by molar-refractivity contribution is 7.19. The average molecular weight is 529 g/mol. The lowest BCUT2D eigenvalue weighted by Crippen LogP contribution is -2.29. The van der Waals surface area contributed by atoms with Gasteiger partial charge in [-0.1, -0.05) is 35.5 Å². The van der Waals surface area contributed by atoms with E-state index in [1.54, 1.807) is 36.4 Å². The second kappa shape index (κ2) is 10.4. The SMILES string of the molecule is COc1ccc(/C(C)=N/OCc2nc3c4c5c(sc4ncn3n2)CN(Cc2ccccc2)CC5)cc1OC. The van der Waals surface area contributed by atoms with Crippen LogP contribution in [0.25, 0.3) is 15.9 Å². The molecule has 0 N–H and O–H groups in total. The zero-order chi connectivity index (χ0) is 26.1. The van der Waals surface area contributed by atoms with Gasteiger partial charge in [0.15, 0.2) is 29.6 Å². The number of thiophene rings is 1. The molecule has 38 heavy (non-hydrogen) atoms. The molecule has 2 aromatic carbocycles. The van der Waals surface area contributed by atoms with Gasteiger partial charge in [-0.05, 0) is 42.7 Å². The molecule has 194 valence electrons. The lowest BCUT2D eigenvalue weighted by Gasteiger charge is -2.26. The van der Waals surface area contributed by atoms with Crippen molar-refractivity contribution < 1.29 is 14.3 Å². The van der Waals surface area contributed by atoms with Crippen LogP contribution in [0, 0.1) is 0 Å². The molecule has 5 aromatic rings. The van der Waals surface area contributed by atoms with Gasteiger partial charge in [0.1, 0.15) is 11.2 Å². The van der Waals surface area contributed by atoms with E-state index in [9.17, 15) is 0 Å². The fraction of sp³-hybridized carbons (Fsp3) is 0.286. The van der Waals surface area contributed by atoms with E-state index in [2.05, 4.69) is 50.5 Å². The van der Waals surface area contributed by atoms with Gasteiger partial charge in [-0.3, -0.25) is 4.90 Å². The Labute approximate surface area is 224 Å². The molecule has 1 aliphatic rings. The summed E-state index contributed by atoms with van der Waals surface area (Å²) >= 11 is 1.76. The van der Waals surface area contributed by atoms with E-state index in [4.69, 9.17) is 19.3 Å². The molecule has 0 spiro atoms. The Balaban J connectivity index is 1.19. The van der Waals surface area contributed by atoms with Crippen LogP contribution < -0.4 is 9.47 Å². The van der Waals surface area contributed by atoms with Crippen molar-refractivity contribution in [3.8, 4) is 11.5 Å². The predicted octanol–water partition coefficient (Wildman–Crippen LogP) is 4.86. The standard InChI is InChI=1S/C28H28N6O3S/c1-18(20-9-10-22(35-2)23(13-20)36-3)32-37-16-25-30-27-26-21-11-12-33(14-19-7-5-4-6-8-19)15-24(21)38-28(26)29-17-34(27)31-25/h4-10,13,17H,11-12,14-16H2,1-3H3/b32-18+. The van der Waals surface area contributed by atoms with Crippen LogP contribution in [0.15, 0.2) is 60.0 Å². The molecule has 9 nitrogen and oxygen atoms in total. The van der Waals surface area contributed by atoms with Gasteiger partial charge in [0.2, 0.25) is 0 Å². The Morgan fingerprint density at radius 3 is 2.74 bits per heavy atom. The number of hydrogen-bond acceptors (Lipinski definition) is 9. The van der Waals surface area contributed by atoms with Gasteiger partial charge >= 0.3 is 0 Å². The Kier molecular flexibility index (Phi) is 6.65. The number of fused-ring (bicyclic) bond motifs is 5. The normalized spacial score (nSPS) is 14.1. The minimum absolute atomic E-state index is 0.158. The third-order valence-electron chi connectivity index (χ3n) is 6.75. The molecule has 0 bridgehead atoms. The summed E-state index contributed by atoms with van der Waals surface area (Å²) in [7, 11) is 3.22. The van der Waals surface area contributed by atoms with E-state index in [0.717, 1.165) is 47.5 Å². The zero-order valence-corrected chi connectivity index (χ0v) is 22.4. The third-order valence-corrected chi connectivity index (χ3v) is 7.87. The number of benzene rings is 2. The summed E-state index contributed by atoms with van der Waals surface area (Å²) in [5, 5.41) is 9.96. The van der Waals surface area contributed by atoms with Crippen LogP contribution in [0.4, 0.5) is 0 Å². The molecule has 10 heteroatoms. The second-order valence-corrected chi connectivity index (χ2v) is 10.3. The van der Waals surface area contributed by atoms with Crippen molar-refractivity contribution in [1.29, 1.82) is 0 Å². The van der Waals surface area contributed by atoms with E-state index >= 15 is 0 Å². The molecule has 1 aliphatic heterocycles. The van der Waals surface area contributed by atoms with E-state index in [1.807, 2.05) is 25.1 Å². The highest BCUT2D eigenvalue weighted by Gasteiger charge is 2.24. The summed E-state index contributed by atoms with van der Waals surface area (Å²) in [6.07, 6.45) is 2.70. The molecular formula is C28H28N6O3S. The summed E-state index contributed by atoms with van der Waals surface area (Å²) in [5.74, 6) is 1.86. The quantitative estimate of drug-likeness (QED) is 0.210. The predicted molar refractivity (Wildman–Crippen MR) is 147 cm³/mol. The molecule has 4 heterocycles. The van der Waals surface area contributed by atoms with Crippen LogP contribution in [-0.4, -0.2) is 51.0 Å². The number of hydrogen-bond donors (Lipinski definition) is 0. The monoisotopic (exact) mass is 528 g/mol. The maximum Gasteiger partial charge on any atom is 0.192 e. The molecule has 0 unspecified atom stereocenters. The zero-order valence-electron chi connectivity index (χ0n) is 21.5. The average Bonchev–Trinajstić information content (AvgIpc) is 3.53. The minimum atomic E-state index is 0.158. The summed E-state index contributed by atoms with van der Waals surface area (Å²) in [5.41, 5.74) is 5.09. The van der Waals surface area contributed by atoms with Gasteiger partial charge in [0.25, 0.3) is 0 Å². The molecule has 0 saturated heterocycles. The van der Waals surface area contributed by atoms with Crippen LogP contribution in [0.5, 0.6) is 11.5 Å². The fourth-order valence-corrected chi connectivity index (χ4v) is 6.05. The van der Waals surface area contributed by atoms with E-state index < -0.39 is 0 Å². The molecule has 0 atom stereocenters. The van der Waals surface area contributed by atoms with Crippen molar-refractivity contribution in [3.63, 3.8) is 0 Å². The van der Waals surface area contributed by atoms with Gasteiger partial charge in [-0.2, -0.15) is 0 Å². The maximum absolute atomic E-state index is 5.63. The van der Waals surface area contributed by atoms with Crippen LogP contribution in [0.2, 0.25) is 0 Å². The number of oxime groups is 1. The molecule has 0 saturated carbocycles. The Morgan fingerprint density at radius 2 is 1.92 bits per heavy atom. The van der Waals surface area contributed by atoms with Gasteiger partial charge < -0.3 is 14.3 Å². The molecule has 3 aromatic heterocycles. The summed E-state index contributed by atoms with van der Waals surface area (Å²) in [6, 6.07) is 16.3. The van der Waals surface area contributed by atoms with E-state index in [1.165, 1.54) is 16.0 Å². The van der Waals surface area contributed by atoms with Crippen LogP contribution >= 0.6 is 11.3 Å². The molecule has 0 aliphatic carbocycles. The molecule has 0 amide bonds. The van der Waals surface area contributed by atoms with Crippen molar-refractivity contribution in [2.24, 2.45) is 5.16 Å². The summed E-state index contributed by atoms with van der Waals surface area (Å²) in [4.78, 5) is 20.0. The van der Waals surface area contributed by atoms with Gasteiger partial charge in [0, 0.05) is 30.1 Å². The first-order chi connectivity index (χ1) is 18.6. The van der Waals surface area contributed by atoms with Gasteiger partial charge in [0.05, 0.1) is 25.3 Å². The van der Waals surface area contributed by atoms with Crippen LogP contribution in [0.1, 0.15) is 34.3 Å². The first-order valence-corrected chi connectivity index (χ1v) is 13.2. The fourth-order valence-electron chi connectivity index (χ4n) is 4.83. The second-order valence-electron chi connectivity index (χ2n) is 9.19. The molecule has 0 radical (unpaired) electrons. The number of rotatable bonds is 8. The van der Waals surface area contributed by atoms with Gasteiger partial charge in [-0.25, -0.2) is 14.5 Å². The number of methoxy groups -OCH3 is 2. The van der Waals surface area contributed by atoms with Crippen LogP contribution in [-0.2, 0) is 31.0 Å². The van der Waals surface area contributed by atoms with Crippen molar-refractivity contribution >= 4 is 32.9 Å². The van der Waals surface area contributed by atoms with Crippen molar-refractivity contribution in [2.45, 2.75) is 33.0 Å². The van der Waals surface area contributed by atoms with Gasteiger partial charge in [-0.15, -0.1) is 16.4 Å². The smallest absolute Gasteiger partial charge is 0.192 e. The first-order valence-electron chi connectivity index (χ1n) is 12.4. The van der Waals surface area contributed by atoms with E-state index in [0.29, 0.717) is 23.0 Å². The third kappa shape index (κ3) is 4.68. The number of aromatic nitrogens is 4. The summed E-state index contributed by atoms with van der Waals surface area (Å²) in [6.45, 7) is 4.91. The molecule has 0 fully saturated rings.